The Labute approximate surface area is 153 Å². The molecule has 0 saturated carbocycles. The minimum absolute atomic E-state index is 0.0400. The fraction of sp³-hybridized carbons (Fsp3) is 0.450. The molecule has 134 valence electrons. The summed E-state index contributed by atoms with van der Waals surface area (Å²) in [7, 11) is 1.63. The van der Waals surface area contributed by atoms with Crippen molar-refractivity contribution in [3.8, 4) is 5.75 Å². The molecule has 0 unspecified atom stereocenters. The van der Waals surface area contributed by atoms with Gasteiger partial charge in [0.1, 0.15) is 5.75 Å². The Kier molecular flexibility index (Phi) is 5.63. The van der Waals surface area contributed by atoms with Crippen LogP contribution in [-0.2, 0) is 0 Å². The van der Waals surface area contributed by atoms with E-state index in [0.29, 0.717) is 5.75 Å². The molecule has 2 heterocycles. The molecule has 5 heteroatoms. The molecule has 1 aliphatic rings. The summed E-state index contributed by atoms with van der Waals surface area (Å²) >= 11 is 1.79. The van der Waals surface area contributed by atoms with E-state index in [-0.39, 0.29) is 12.1 Å². The number of rotatable bonds is 3. The Morgan fingerprint density at radius 3 is 2.76 bits per heavy atom. The zero-order valence-corrected chi connectivity index (χ0v) is 16.0. The third-order valence-electron chi connectivity index (χ3n) is 4.70. The summed E-state index contributed by atoms with van der Waals surface area (Å²) in [5.41, 5.74) is 1.83. The maximum Gasteiger partial charge on any atom is 0.322 e. The second kappa shape index (κ2) is 7.91. The molecule has 1 aliphatic heterocycles. The van der Waals surface area contributed by atoms with Gasteiger partial charge in [-0.05, 0) is 56.5 Å². The number of likely N-dealkylation sites (tertiary alicyclic amines) is 1. The molecule has 2 aromatic rings. The molecule has 1 N–H and O–H groups in total. The van der Waals surface area contributed by atoms with Crippen LogP contribution in [0.25, 0.3) is 0 Å². The molecule has 1 fully saturated rings. The fourth-order valence-electron chi connectivity index (χ4n) is 3.39. The van der Waals surface area contributed by atoms with Crippen LogP contribution in [0.2, 0.25) is 0 Å². The second-order valence-corrected chi connectivity index (χ2v) is 7.96. The number of urea groups is 1. The van der Waals surface area contributed by atoms with Crippen molar-refractivity contribution in [2.45, 2.75) is 45.6 Å². The van der Waals surface area contributed by atoms with Gasteiger partial charge in [0, 0.05) is 16.3 Å². The Hall–Kier alpha value is -2.01. The van der Waals surface area contributed by atoms with Gasteiger partial charge in [0.15, 0.2) is 0 Å². The maximum absolute atomic E-state index is 13.1. The first kappa shape index (κ1) is 17.8. The average Bonchev–Trinajstić information content (AvgIpc) is 2.87. The van der Waals surface area contributed by atoms with Gasteiger partial charge in [-0.25, -0.2) is 4.79 Å². The zero-order valence-electron chi connectivity index (χ0n) is 15.2. The number of hydrogen-bond donors (Lipinski definition) is 1. The lowest BCUT2D eigenvalue weighted by Gasteiger charge is -2.30. The van der Waals surface area contributed by atoms with Crippen molar-refractivity contribution in [2.75, 3.05) is 19.0 Å². The number of thiophene rings is 1. The molecule has 0 aliphatic carbocycles. The lowest BCUT2D eigenvalue weighted by atomic mass is 10.1. The molecular formula is C20H26N2O2S. The molecule has 1 aromatic heterocycles. The van der Waals surface area contributed by atoms with E-state index < -0.39 is 0 Å². The number of ether oxygens (including phenoxy) is 1. The Balaban J connectivity index is 1.84. The molecule has 4 nitrogen and oxygen atoms in total. The molecule has 1 saturated heterocycles. The summed E-state index contributed by atoms with van der Waals surface area (Å²) in [4.78, 5) is 17.6. The van der Waals surface area contributed by atoms with Crippen LogP contribution in [0.5, 0.6) is 5.75 Å². The van der Waals surface area contributed by atoms with Crippen molar-refractivity contribution in [1.82, 2.24) is 4.90 Å². The Morgan fingerprint density at radius 1 is 1.20 bits per heavy atom. The number of benzene rings is 1. The topological polar surface area (TPSA) is 41.6 Å². The normalized spacial score (nSPS) is 17.9. The number of nitrogens with one attached hydrogen (secondary N) is 1. The van der Waals surface area contributed by atoms with Gasteiger partial charge >= 0.3 is 6.03 Å². The zero-order chi connectivity index (χ0) is 17.8. The first-order valence-corrected chi connectivity index (χ1v) is 9.68. The van der Waals surface area contributed by atoms with Crippen molar-refractivity contribution < 1.29 is 9.53 Å². The number of aryl methyl sites for hydroxylation is 2. The first-order chi connectivity index (χ1) is 12.1. The molecule has 25 heavy (non-hydrogen) atoms. The number of methoxy groups -OCH3 is 1. The first-order valence-electron chi connectivity index (χ1n) is 8.87. The minimum Gasteiger partial charge on any atom is -0.495 e. The van der Waals surface area contributed by atoms with Gasteiger partial charge < -0.3 is 15.0 Å². The van der Waals surface area contributed by atoms with Crippen molar-refractivity contribution >= 4 is 23.1 Å². The van der Waals surface area contributed by atoms with E-state index in [4.69, 9.17) is 4.74 Å². The van der Waals surface area contributed by atoms with E-state index >= 15 is 0 Å². The van der Waals surface area contributed by atoms with Gasteiger partial charge in [0.05, 0.1) is 18.8 Å². The molecular weight excluding hydrogens is 332 g/mol. The lowest BCUT2D eigenvalue weighted by Crippen LogP contribution is -2.37. The SMILES string of the molecule is COc1ccc(C)cc1NC(=O)N1CCCCC[C@@H]1c1ccc(C)s1. The summed E-state index contributed by atoms with van der Waals surface area (Å²) in [5.74, 6) is 0.692. The van der Waals surface area contributed by atoms with Gasteiger partial charge in [0.2, 0.25) is 0 Å². The van der Waals surface area contributed by atoms with Crippen LogP contribution >= 0.6 is 11.3 Å². The quantitative estimate of drug-likeness (QED) is 0.784. The van der Waals surface area contributed by atoms with Crippen molar-refractivity contribution in [1.29, 1.82) is 0 Å². The molecule has 1 aromatic carbocycles. The molecule has 3 rings (SSSR count). The van der Waals surface area contributed by atoms with E-state index in [9.17, 15) is 4.79 Å². The number of anilines is 1. The van der Waals surface area contributed by atoms with E-state index in [1.165, 1.54) is 22.6 Å². The molecule has 0 spiro atoms. The average molecular weight is 359 g/mol. The molecule has 0 radical (unpaired) electrons. The van der Waals surface area contributed by atoms with Gasteiger partial charge in [-0.1, -0.05) is 18.9 Å². The van der Waals surface area contributed by atoms with Crippen LogP contribution < -0.4 is 10.1 Å². The summed E-state index contributed by atoms with van der Waals surface area (Å²) in [6.45, 7) is 4.92. The van der Waals surface area contributed by atoms with Gasteiger partial charge in [-0.3, -0.25) is 0 Å². The smallest absolute Gasteiger partial charge is 0.322 e. The highest BCUT2D eigenvalue weighted by Gasteiger charge is 2.28. The number of nitrogens with zero attached hydrogens (tertiary/aromatic N) is 1. The van der Waals surface area contributed by atoms with Crippen LogP contribution in [0.1, 0.15) is 47.0 Å². The maximum atomic E-state index is 13.1. The van der Waals surface area contributed by atoms with Crippen molar-refractivity contribution in [3.05, 3.63) is 45.6 Å². The third kappa shape index (κ3) is 4.15. The predicted octanol–water partition coefficient (Wildman–Crippen LogP) is 5.52. The van der Waals surface area contributed by atoms with Crippen LogP contribution in [0, 0.1) is 13.8 Å². The summed E-state index contributed by atoms with van der Waals surface area (Å²) in [6.07, 6.45) is 4.43. The second-order valence-electron chi connectivity index (χ2n) is 6.64. The van der Waals surface area contributed by atoms with Crippen LogP contribution in [0.3, 0.4) is 0 Å². The predicted molar refractivity (Wildman–Crippen MR) is 104 cm³/mol. The van der Waals surface area contributed by atoms with Gasteiger partial charge in [-0.15, -0.1) is 11.3 Å². The highest BCUT2D eigenvalue weighted by molar-refractivity contribution is 7.12. The van der Waals surface area contributed by atoms with Crippen molar-refractivity contribution in [3.63, 3.8) is 0 Å². The third-order valence-corrected chi connectivity index (χ3v) is 5.80. The van der Waals surface area contributed by atoms with Crippen molar-refractivity contribution in [2.24, 2.45) is 0 Å². The van der Waals surface area contributed by atoms with Crippen LogP contribution in [0.4, 0.5) is 10.5 Å². The number of carbonyl (C=O) groups is 1. The van der Waals surface area contributed by atoms with E-state index in [2.05, 4.69) is 24.4 Å². The highest BCUT2D eigenvalue weighted by Crippen LogP contribution is 2.35. The Bertz CT molecular complexity index is 741. The molecule has 1 atom stereocenters. The van der Waals surface area contributed by atoms with Gasteiger partial charge in [0.25, 0.3) is 0 Å². The molecule has 2 amide bonds. The minimum atomic E-state index is -0.0400. The Morgan fingerprint density at radius 2 is 2.04 bits per heavy atom. The van der Waals surface area contributed by atoms with E-state index in [1.807, 2.05) is 30.0 Å². The fourth-order valence-corrected chi connectivity index (χ4v) is 4.41. The summed E-state index contributed by atoms with van der Waals surface area (Å²) in [5, 5.41) is 3.07. The standard InChI is InChI=1S/C20H26N2O2S/c1-14-8-10-18(24-3)16(13-14)21-20(23)22-12-6-4-5-7-17(22)19-11-9-15(2)25-19/h8-11,13,17H,4-7,12H2,1-3H3,(H,21,23)/t17-/m1/s1. The van der Waals surface area contributed by atoms with Crippen LogP contribution in [0.15, 0.2) is 30.3 Å². The summed E-state index contributed by atoms with van der Waals surface area (Å²) in [6, 6.07) is 10.3. The highest BCUT2D eigenvalue weighted by atomic mass is 32.1. The molecule has 0 bridgehead atoms. The largest absolute Gasteiger partial charge is 0.495 e. The van der Waals surface area contributed by atoms with E-state index in [0.717, 1.165) is 30.6 Å². The monoisotopic (exact) mass is 358 g/mol. The number of amides is 2. The number of carbonyl (C=O) groups excluding carboxylic acids is 1. The van der Waals surface area contributed by atoms with E-state index in [1.54, 1.807) is 18.4 Å². The summed E-state index contributed by atoms with van der Waals surface area (Å²) < 4.78 is 5.40. The van der Waals surface area contributed by atoms with Gasteiger partial charge in [-0.2, -0.15) is 0 Å². The number of hydrogen-bond acceptors (Lipinski definition) is 3. The lowest BCUT2D eigenvalue weighted by molar-refractivity contribution is 0.190. The van der Waals surface area contributed by atoms with Crippen LogP contribution in [-0.4, -0.2) is 24.6 Å².